The summed E-state index contributed by atoms with van der Waals surface area (Å²) in [5.41, 5.74) is 6.32. The molecule has 6 nitrogen and oxygen atoms in total. The van der Waals surface area contributed by atoms with Gasteiger partial charge in [0.25, 0.3) is 0 Å². The van der Waals surface area contributed by atoms with E-state index in [1.165, 1.54) is 0 Å². The van der Waals surface area contributed by atoms with Gasteiger partial charge >= 0.3 is 5.97 Å². The Morgan fingerprint density at radius 1 is 1.28 bits per heavy atom. The number of rotatable bonds is 6. The number of hydrogen-bond acceptors (Lipinski definition) is 4. The van der Waals surface area contributed by atoms with E-state index >= 15 is 0 Å². The summed E-state index contributed by atoms with van der Waals surface area (Å²) in [5, 5.41) is 19.8. The number of hydrogen-bond donors (Lipinski definition) is 4. The van der Waals surface area contributed by atoms with Crippen molar-refractivity contribution in [1.29, 1.82) is 0 Å². The van der Waals surface area contributed by atoms with Crippen molar-refractivity contribution in [2.75, 3.05) is 6.61 Å². The molecule has 1 amide bonds. The number of nitrogens with two attached hydrogens (primary N) is 1. The maximum Gasteiger partial charge on any atom is 0.326 e. The molecule has 5 N–H and O–H groups in total. The van der Waals surface area contributed by atoms with E-state index in [0.29, 0.717) is 5.56 Å². The molecule has 0 spiro atoms. The normalized spacial score (nSPS) is 13.7. The predicted octanol–water partition coefficient (Wildman–Crippen LogP) is -0.362. The molecule has 0 aromatic heterocycles. The van der Waals surface area contributed by atoms with Crippen molar-refractivity contribution in [3.05, 3.63) is 35.9 Å². The molecular weight excluding hydrogens is 236 g/mol. The number of aliphatic hydroxyl groups is 1. The summed E-state index contributed by atoms with van der Waals surface area (Å²) >= 11 is 0. The van der Waals surface area contributed by atoms with Gasteiger partial charge in [0.1, 0.15) is 12.1 Å². The standard InChI is InChI=1S/C12H16N2O4/c13-10(8-4-2-1-3-5-8)11(16)14-9(6-7-15)12(17)18/h1-5,9-10,15H,6-7,13H2,(H,14,16)(H,17,18)/t9-,10?/m1/s1. The molecule has 1 rings (SSSR count). The van der Waals surface area contributed by atoms with Gasteiger partial charge in [-0.1, -0.05) is 30.3 Å². The molecule has 6 heteroatoms. The van der Waals surface area contributed by atoms with Crippen LogP contribution in [0.4, 0.5) is 0 Å². The van der Waals surface area contributed by atoms with E-state index in [4.69, 9.17) is 15.9 Å². The maximum absolute atomic E-state index is 11.8. The van der Waals surface area contributed by atoms with Crippen molar-refractivity contribution in [3.8, 4) is 0 Å². The first kappa shape index (κ1) is 14.1. The third-order valence-corrected chi connectivity index (χ3v) is 2.47. The van der Waals surface area contributed by atoms with Crippen LogP contribution in [-0.2, 0) is 9.59 Å². The first-order chi connectivity index (χ1) is 8.56. The van der Waals surface area contributed by atoms with E-state index in [1.807, 2.05) is 0 Å². The molecule has 1 unspecified atom stereocenters. The summed E-state index contributed by atoms with van der Waals surface area (Å²) in [7, 11) is 0. The SMILES string of the molecule is NC(C(=O)N[C@H](CCO)C(=O)O)c1ccccc1. The van der Waals surface area contributed by atoms with E-state index in [1.54, 1.807) is 30.3 Å². The molecule has 18 heavy (non-hydrogen) atoms. The molecule has 0 saturated heterocycles. The zero-order valence-corrected chi connectivity index (χ0v) is 9.74. The van der Waals surface area contributed by atoms with Gasteiger partial charge in [-0.15, -0.1) is 0 Å². The van der Waals surface area contributed by atoms with Gasteiger partial charge in [0, 0.05) is 13.0 Å². The minimum Gasteiger partial charge on any atom is -0.480 e. The van der Waals surface area contributed by atoms with Crippen LogP contribution in [0.1, 0.15) is 18.0 Å². The van der Waals surface area contributed by atoms with E-state index < -0.39 is 24.0 Å². The van der Waals surface area contributed by atoms with Crippen molar-refractivity contribution in [3.63, 3.8) is 0 Å². The van der Waals surface area contributed by atoms with E-state index in [-0.39, 0.29) is 13.0 Å². The molecular formula is C12H16N2O4. The number of nitrogens with one attached hydrogen (secondary N) is 1. The Kier molecular flexibility index (Phi) is 5.29. The molecule has 1 aromatic carbocycles. The fourth-order valence-electron chi connectivity index (χ4n) is 1.46. The molecule has 0 bridgehead atoms. The van der Waals surface area contributed by atoms with E-state index in [0.717, 1.165) is 0 Å². The molecule has 0 heterocycles. The second-order valence-electron chi connectivity index (χ2n) is 3.80. The van der Waals surface area contributed by atoms with Crippen molar-refractivity contribution in [1.82, 2.24) is 5.32 Å². The molecule has 0 radical (unpaired) electrons. The van der Waals surface area contributed by atoms with Crippen LogP contribution in [0.2, 0.25) is 0 Å². The number of carbonyl (C=O) groups excluding carboxylic acids is 1. The third-order valence-electron chi connectivity index (χ3n) is 2.47. The molecule has 0 saturated carbocycles. The largest absolute Gasteiger partial charge is 0.480 e. The lowest BCUT2D eigenvalue weighted by molar-refractivity contribution is -0.142. The van der Waals surface area contributed by atoms with Crippen LogP contribution >= 0.6 is 0 Å². The minimum absolute atomic E-state index is 0.0530. The highest BCUT2D eigenvalue weighted by atomic mass is 16.4. The number of carboxylic acid groups (broad SMARTS) is 1. The predicted molar refractivity (Wildman–Crippen MR) is 64.6 cm³/mol. The van der Waals surface area contributed by atoms with Crippen molar-refractivity contribution in [2.24, 2.45) is 5.73 Å². The second kappa shape index (κ2) is 6.73. The van der Waals surface area contributed by atoms with Crippen LogP contribution in [0.5, 0.6) is 0 Å². The highest BCUT2D eigenvalue weighted by Gasteiger charge is 2.23. The van der Waals surface area contributed by atoms with Crippen LogP contribution in [0.15, 0.2) is 30.3 Å². The Hall–Kier alpha value is -1.92. The van der Waals surface area contributed by atoms with Crippen molar-refractivity contribution < 1.29 is 19.8 Å². The molecule has 0 fully saturated rings. The molecule has 0 aliphatic rings. The Morgan fingerprint density at radius 3 is 2.39 bits per heavy atom. The van der Waals surface area contributed by atoms with Gasteiger partial charge in [-0.05, 0) is 5.56 Å². The van der Waals surface area contributed by atoms with Gasteiger partial charge in [0.2, 0.25) is 5.91 Å². The Balaban J connectivity index is 2.67. The first-order valence-corrected chi connectivity index (χ1v) is 5.51. The highest BCUT2D eigenvalue weighted by Crippen LogP contribution is 2.09. The zero-order valence-electron chi connectivity index (χ0n) is 9.74. The molecule has 0 aliphatic heterocycles. The van der Waals surface area contributed by atoms with Crippen LogP contribution in [0, 0.1) is 0 Å². The number of carbonyl (C=O) groups is 2. The zero-order chi connectivity index (χ0) is 13.5. The lowest BCUT2D eigenvalue weighted by Crippen LogP contribution is -2.45. The maximum atomic E-state index is 11.8. The van der Waals surface area contributed by atoms with Crippen molar-refractivity contribution in [2.45, 2.75) is 18.5 Å². The Morgan fingerprint density at radius 2 is 1.89 bits per heavy atom. The lowest BCUT2D eigenvalue weighted by Gasteiger charge is -2.17. The number of aliphatic hydroxyl groups excluding tert-OH is 1. The highest BCUT2D eigenvalue weighted by molar-refractivity contribution is 5.87. The van der Waals surface area contributed by atoms with E-state index in [2.05, 4.69) is 5.32 Å². The van der Waals surface area contributed by atoms with Gasteiger partial charge in [-0.25, -0.2) is 4.79 Å². The summed E-state index contributed by atoms with van der Waals surface area (Å²) in [5.74, 6) is -1.78. The molecule has 0 aliphatic carbocycles. The number of carboxylic acids is 1. The summed E-state index contributed by atoms with van der Waals surface area (Å²) in [4.78, 5) is 22.6. The van der Waals surface area contributed by atoms with Crippen LogP contribution in [0.3, 0.4) is 0 Å². The molecule has 1 aromatic rings. The number of amides is 1. The summed E-state index contributed by atoms with van der Waals surface area (Å²) in [6, 6.07) is 6.59. The van der Waals surface area contributed by atoms with Gasteiger partial charge in [-0.3, -0.25) is 4.79 Å². The fourth-order valence-corrected chi connectivity index (χ4v) is 1.46. The van der Waals surface area contributed by atoms with Crippen LogP contribution in [0.25, 0.3) is 0 Å². The number of aliphatic carboxylic acids is 1. The summed E-state index contributed by atoms with van der Waals surface area (Å²) in [6.45, 7) is -0.322. The molecule has 2 atom stereocenters. The average Bonchev–Trinajstić information content (AvgIpc) is 2.38. The van der Waals surface area contributed by atoms with Crippen LogP contribution < -0.4 is 11.1 Å². The second-order valence-corrected chi connectivity index (χ2v) is 3.80. The van der Waals surface area contributed by atoms with Gasteiger partial charge in [-0.2, -0.15) is 0 Å². The topological polar surface area (TPSA) is 113 Å². The van der Waals surface area contributed by atoms with Gasteiger partial charge in [0.05, 0.1) is 0 Å². The smallest absolute Gasteiger partial charge is 0.326 e. The van der Waals surface area contributed by atoms with Gasteiger partial charge < -0.3 is 21.3 Å². The fraction of sp³-hybridized carbons (Fsp3) is 0.333. The third kappa shape index (κ3) is 3.83. The monoisotopic (exact) mass is 252 g/mol. The van der Waals surface area contributed by atoms with Crippen molar-refractivity contribution >= 4 is 11.9 Å². The quantitative estimate of drug-likeness (QED) is 0.552. The Labute approximate surface area is 104 Å². The minimum atomic E-state index is -1.20. The first-order valence-electron chi connectivity index (χ1n) is 5.51. The van der Waals surface area contributed by atoms with E-state index in [9.17, 15) is 9.59 Å². The molecule has 98 valence electrons. The number of benzene rings is 1. The average molecular weight is 252 g/mol. The Bertz CT molecular complexity index is 408. The summed E-state index contributed by atoms with van der Waals surface area (Å²) in [6.07, 6.45) is -0.0530. The summed E-state index contributed by atoms with van der Waals surface area (Å²) < 4.78 is 0. The van der Waals surface area contributed by atoms with Crippen LogP contribution in [-0.4, -0.2) is 34.7 Å². The van der Waals surface area contributed by atoms with Gasteiger partial charge in [0.15, 0.2) is 0 Å². The lowest BCUT2D eigenvalue weighted by atomic mass is 10.1.